The Morgan fingerprint density at radius 1 is 1.40 bits per heavy atom. The van der Waals surface area contributed by atoms with Crippen LogP contribution in [-0.2, 0) is 9.59 Å². The molecule has 20 heavy (non-hydrogen) atoms. The van der Waals surface area contributed by atoms with E-state index in [2.05, 4.69) is 5.32 Å². The molecular weight excluding hydrogens is 280 g/mol. The van der Waals surface area contributed by atoms with E-state index in [1.165, 1.54) is 6.07 Å². The number of ketones is 1. The van der Waals surface area contributed by atoms with Crippen molar-refractivity contribution in [2.75, 3.05) is 11.4 Å². The number of hydrogen-bond donors (Lipinski definition) is 1. The van der Waals surface area contributed by atoms with Gasteiger partial charge in [0.2, 0.25) is 5.91 Å². The number of benzene rings is 1. The number of para-hydroxylation sites is 1. The molecule has 0 aliphatic carbocycles. The van der Waals surface area contributed by atoms with E-state index in [-0.39, 0.29) is 29.1 Å². The average molecular weight is 295 g/mol. The van der Waals surface area contributed by atoms with Gasteiger partial charge in [-0.3, -0.25) is 19.3 Å². The summed E-state index contributed by atoms with van der Waals surface area (Å²) in [5, 5.41) is 3.04. The van der Waals surface area contributed by atoms with E-state index in [1.807, 2.05) is 13.8 Å². The summed E-state index contributed by atoms with van der Waals surface area (Å²) < 4.78 is 0. The second-order valence-corrected chi connectivity index (χ2v) is 5.14. The van der Waals surface area contributed by atoms with Crippen LogP contribution in [0, 0.1) is 0 Å². The zero-order chi connectivity index (χ0) is 14.9. The monoisotopic (exact) mass is 294 g/mol. The van der Waals surface area contributed by atoms with Crippen LogP contribution in [0.1, 0.15) is 30.6 Å². The molecule has 0 saturated heterocycles. The average Bonchev–Trinajstić information content (AvgIpc) is 2.65. The Kier molecular flexibility index (Phi) is 4.09. The third-order valence-electron chi connectivity index (χ3n) is 3.26. The maximum atomic E-state index is 11.9. The maximum absolute atomic E-state index is 11.9. The first-order valence-corrected chi connectivity index (χ1v) is 6.77. The van der Waals surface area contributed by atoms with E-state index in [1.54, 1.807) is 12.1 Å². The van der Waals surface area contributed by atoms with Crippen molar-refractivity contribution < 1.29 is 14.4 Å². The van der Waals surface area contributed by atoms with Crippen molar-refractivity contribution in [3.63, 3.8) is 0 Å². The molecule has 1 unspecified atom stereocenters. The summed E-state index contributed by atoms with van der Waals surface area (Å²) in [6.07, 6.45) is 0.788. The Hall–Kier alpha value is -1.88. The maximum Gasteiger partial charge on any atom is 0.300 e. The van der Waals surface area contributed by atoms with Crippen LogP contribution in [0.25, 0.3) is 0 Å². The number of anilines is 1. The Labute approximate surface area is 121 Å². The predicted molar refractivity (Wildman–Crippen MR) is 76.0 cm³/mol. The van der Waals surface area contributed by atoms with Gasteiger partial charge in [-0.1, -0.05) is 24.6 Å². The Bertz CT molecular complexity index is 586. The van der Waals surface area contributed by atoms with Crippen LogP contribution < -0.4 is 10.2 Å². The lowest BCUT2D eigenvalue weighted by Gasteiger charge is -2.19. The fourth-order valence-corrected chi connectivity index (χ4v) is 2.31. The van der Waals surface area contributed by atoms with Crippen molar-refractivity contribution in [3.05, 3.63) is 28.8 Å². The van der Waals surface area contributed by atoms with Crippen LogP contribution in [0.2, 0.25) is 5.02 Å². The molecule has 1 heterocycles. The highest BCUT2D eigenvalue weighted by atomic mass is 35.5. The molecule has 0 fully saturated rings. The summed E-state index contributed by atoms with van der Waals surface area (Å²) in [4.78, 5) is 36.8. The summed E-state index contributed by atoms with van der Waals surface area (Å²) in [6, 6.07) is 4.75. The summed E-state index contributed by atoms with van der Waals surface area (Å²) in [5.74, 6) is -1.65. The number of fused-ring (bicyclic) bond motifs is 1. The first-order valence-electron chi connectivity index (χ1n) is 6.39. The number of amides is 2. The second-order valence-electron chi connectivity index (χ2n) is 4.73. The summed E-state index contributed by atoms with van der Waals surface area (Å²) in [6.45, 7) is 3.61. The van der Waals surface area contributed by atoms with Crippen LogP contribution in [-0.4, -0.2) is 30.2 Å². The number of nitrogens with one attached hydrogen (secondary N) is 1. The minimum absolute atomic E-state index is 0.0154. The smallest absolute Gasteiger partial charge is 0.300 e. The van der Waals surface area contributed by atoms with E-state index in [4.69, 9.17) is 11.6 Å². The Morgan fingerprint density at radius 3 is 2.75 bits per heavy atom. The molecule has 1 aliphatic rings. The molecule has 1 atom stereocenters. The highest BCUT2D eigenvalue weighted by Crippen LogP contribution is 2.35. The predicted octanol–water partition coefficient (Wildman–Crippen LogP) is 1.78. The van der Waals surface area contributed by atoms with Crippen LogP contribution in [0.15, 0.2) is 18.2 Å². The lowest BCUT2D eigenvalue weighted by Crippen LogP contribution is -2.43. The van der Waals surface area contributed by atoms with Gasteiger partial charge in [0.25, 0.3) is 11.7 Å². The molecule has 0 aromatic heterocycles. The third kappa shape index (κ3) is 2.54. The molecule has 0 bridgehead atoms. The molecule has 5 nitrogen and oxygen atoms in total. The molecule has 106 valence electrons. The van der Waals surface area contributed by atoms with Gasteiger partial charge in [-0.15, -0.1) is 0 Å². The van der Waals surface area contributed by atoms with E-state index >= 15 is 0 Å². The Morgan fingerprint density at radius 2 is 2.10 bits per heavy atom. The van der Waals surface area contributed by atoms with Crippen molar-refractivity contribution >= 4 is 34.9 Å². The van der Waals surface area contributed by atoms with E-state index in [9.17, 15) is 14.4 Å². The molecular formula is C14H15ClN2O3. The number of carbonyl (C=O) groups excluding carboxylic acids is 3. The largest absolute Gasteiger partial charge is 0.352 e. The minimum atomic E-state index is -0.715. The molecule has 0 radical (unpaired) electrons. The van der Waals surface area contributed by atoms with Crippen LogP contribution in [0.3, 0.4) is 0 Å². The van der Waals surface area contributed by atoms with Crippen molar-refractivity contribution in [3.8, 4) is 0 Å². The van der Waals surface area contributed by atoms with Crippen molar-refractivity contribution in [2.45, 2.75) is 26.3 Å². The lowest BCUT2D eigenvalue weighted by molar-refractivity contribution is -0.122. The molecule has 1 aliphatic heterocycles. The van der Waals surface area contributed by atoms with Crippen LogP contribution >= 0.6 is 11.6 Å². The zero-order valence-electron chi connectivity index (χ0n) is 11.3. The molecule has 1 N–H and O–H groups in total. The molecule has 0 saturated carbocycles. The van der Waals surface area contributed by atoms with Gasteiger partial charge in [0.05, 0.1) is 16.3 Å². The van der Waals surface area contributed by atoms with Crippen molar-refractivity contribution in [1.29, 1.82) is 0 Å². The molecule has 1 aromatic carbocycles. The molecule has 6 heteroatoms. The van der Waals surface area contributed by atoms with Crippen LogP contribution in [0.4, 0.5) is 5.69 Å². The normalized spacial score (nSPS) is 15.2. The van der Waals surface area contributed by atoms with Crippen molar-refractivity contribution in [1.82, 2.24) is 5.32 Å². The number of Topliss-reactive ketones (excluding diaryl/α,β-unsaturated/α-hetero) is 1. The molecule has 2 rings (SSSR count). The highest BCUT2D eigenvalue weighted by molar-refractivity contribution is 6.54. The fraction of sp³-hybridized carbons (Fsp3) is 0.357. The number of hydrogen-bond acceptors (Lipinski definition) is 3. The van der Waals surface area contributed by atoms with Gasteiger partial charge in [0.15, 0.2) is 0 Å². The lowest BCUT2D eigenvalue weighted by atomic mass is 10.1. The Balaban J connectivity index is 2.24. The van der Waals surface area contributed by atoms with Gasteiger partial charge in [-0.05, 0) is 25.5 Å². The number of carbonyl (C=O) groups is 3. The first kappa shape index (κ1) is 14.5. The molecule has 2 amide bonds. The van der Waals surface area contributed by atoms with Crippen LogP contribution in [0.5, 0.6) is 0 Å². The van der Waals surface area contributed by atoms with E-state index in [0.717, 1.165) is 11.3 Å². The van der Waals surface area contributed by atoms with E-state index in [0.29, 0.717) is 5.69 Å². The number of rotatable bonds is 4. The van der Waals surface area contributed by atoms with Gasteiger partial charge in [0.1, 0.15) is 6.54 Å². The highest BCUT2D eigenvalue weighted by Gasteiger charge is 2.38. The summed E-state index contributed by atoms with van der Waals surface area (Å²) >= 11 is 6.03. The standard InChI is InChI=1S/C14H15ClN2O3/c1-3-8(2)16-11(18)7-17-12-9(13(19)14(17)20)5-4-6-10(12)15/h4-6,8H,3,7H2,1-2H3,(H,16,18). The zero-order valence-corrected chi connectivity index (χ0v) is 12.0. The summed E-state index contributed by atoms with van der Waals surface area (Å²) in [7, 11) is 0. The topological polar surface area (TPSA) is 66.5 Å². The molecule has 0 spiro atoms. The van der Waals surface area contributed by atoms with Gasteiger partial charge < -0.3 is 5.32 Å². The molecule has 1 aromatic rings. The third-order valence-corrected chi connectivity index (χ3v) is 3.57. The fourth-order valence-electron chi connectivity index (χ4n) is 2.03. The SMILES string of the molecule is CCC(C)NC(=O)CN1C(=O)C(=O)c2cccc(Cl)c21. The summed E-state index contributed by atoms with van der Waals surface area (Å²) in [5.41, 5.74) is 0.572. The number of halogens is 1. The van der Waals surface area contributed by atoms with E-state index < -0.39 is 11.7 Å². The van der Waals surface area contributed by atoms with Gasteiger partial charge in [-0.2, -0.15) is 0 Å². The minimum Gasteiger partial charge on any atom is -0.352 e. The first-order chi connectivity index (χ1) is 9.45. The van der Waals surface area contributed by atoms with Crippen molar-refractivity contribution in [2.24, 2.45) is 0 Å². The van der Waals surface area contributed by atoms with Gasteiger partial charge in [-0.25, -0.2) is 0 Å². The quantitative estimate of drug-likeness (QED) is 0.861. The van der Waals surface area contributed by atoms with Gasteiger partial charge >= 0.3 is 0 Å². The number of nitrogens with zero attached hydrogens (tertiary/aromatic N) is 1. The van der Waals surface area contributed by atoms with Gasteiger partial charge in [0, 0.05) is 6.04 Å². The second kappa shape index (κ2) is 5.63.